The topological polar surface area (TPSA) is 57.6 Å². The maximum Gasteiger partial charge on any atom is 0.243 e. The van der Waals surface area contributed by atoms with Crippen molar-refractivity contribution in [1.29, 1.82) is 0 Å². The quantitative estimate of drug-likeness (QED) is 0.906. The lowest BCUT2D eigenvalue weighted by Crippen LogP contribution is -2.35. The Balaban J connectivity index is 2.29. The van der Waals surface area contributed by atoms with E-state index in [1.165, 1.54) is 4.31 Å². The standard InChI is InChI=1S/C15H23NO3S/c1-15(2,3)12-4-8-14(9-5-12)20(18,19)16(10-11-17)13-6-7-13/h4-5,8-9,13,17H,6-7,10-11H2,1-3H3. The largest absolute Gasteiger partial charge is 0.395 e. The fourth-order valence-corrected chi connectivity index (χ4v) is 3.90. The van der Waals surface area contributed by atoms with Crippen molar-refractivity contribution >= 4 is 10.0 Å². The van der Waals surface area contributed by atoms with Crippen molar-refractivity contribution in [2.45, 2.75) is 50.0 Å². The van der Waals surface area contributed by atoms with E-state index in [9.17, 15) is 8.42 Å². The summed E-state index contributed by atoms with van der Waals surface area (Å²) in [5, 5.41) is 9.07. The van der Waals surface area contributed by atoms with Crippen molar-refractivity contribution in [2.24, 2.45) is 0 Å². The van der Waals surface area contributed by atoms with Crippen LogP contribution in [0.3, 0.4) is 0 Å². The second kappa shape index (κ2) is 5.47. The highest BCUT2D eigenvalue weighted by Gasteiger charge is 2.37. The summed E-state index contributed by atoms with van der Waals surface area (Å²) in [7, 11) is -3.49. The molecule has 0 atom stereocenters. The Morgan fingerprint density at radius 2 is 1.75 bits per heavy atom. The number of hydrogen-bond donors (Lipinski definition) is 1. The van der Waals surface area contributed by atoms with Crippen molar-refractivity contribution in [2.75, 3.05) is 13.2 Å². The van der Waals surface area contributed by atoms with Gasteiger partial charge in [-0.25, -0.2) is 8.42 Å². The van der Waals surface area contributed by atoms with E-state index in [2.05, 4.69) is 20.8 Å². The molecule has 1 N–H and O–H groups in total. The van der Waals surface area contributed by atoms with Crippen LogP contribution in [-0.2, 0) is 15.4 Å². The van der Waals surface area contributed by atoms with Gasteiger partial charge in [-0.2, -0.15) is 4.31 Å². The average molecular weight is 297 g/mol. The second-order valence-electron chi connectivity index (χ2n) is 6.34. The van der Waals surface area contributed by atoms with E-state index >= 15 is 0 Å². The van der Waals surface area contributed by atoms with Gasteiger partial charge >= 0.3 is 0 Å². The van der Waals surface area contributed by atoms with Crippen molar-refractivity contribution in [1.82, 2.24) is 4.31 Å². The van der Waals surface area contributed by atoms with E-state index in [0.29, 0.717) is 4.90 Å². The zero-order valence-electron chi connectivity index (χ0n) is 12.3. The van der Waals surface area contributed by atoms with Crippen LogP contribution < -0.4 is 0 Å². The van der Waals surface area contributed by atoms with Gasteiger partial charge in [0.05, 0.1) is 11.5 Å². The van der Waals surface area contributed by atoms with E-state index in [1.54, 1.807) is 12.1 Å². The molecule has 0 radical (unpaired) electrons. The maximum absolute atomic E-state index is 12.6. The van der Waals surface area contributed by atoms with Crippen LogP contribution in [0.15, 0.2) is 29.2 Å². The minimum Gasteiger partial charge on any atom is -0.395 e. The highest BCUT2D eigenvalue weighted by atomic mass is 32.2. The van der Waals surface area contributed by atoms with E-state index in [4.69, 9.17) is 5.11 Å². The van der Waals surface area contributed by atoms with Crippen LogP contribution >= 0.6 is 0 Å². The first-order chi connectivity index (χ1) is 9.26. The van der Waals surface area contributed by atoms with Crippen LogP contribution in [0.2, 0.25) is 0 Å². The molecular formula is C15H23NO3S. The molecule has 2 rings (SSSR count). The van der Waals surface area contributed by atoms with E-state index in [0.717, 1.165) is 18.4 Å². The van der Waals surface area contributed by atoms with Crippen LogP contribution in [0.4, 0.5) is 0 Å². The number of benzene rings is 1. The Hall–Kier alpha value is -0.910. The van der Waals surface area contributed by atoms with E-state index < -0.39 is 10.0 Å². The van der Waals surface area contributed by atoms with Crippen LogP contribution in [0.25, 0.3) is 0 Å². The molecule has 1 saturated carbocycles. The summed E-state index contributed by atoms with van der Waals surface area (Å²) in [6, 6.07) is 7.15. The fourth-order valence-electron chi connectivity index (χ4n) is 2.22. The third-order valence-corrected chi connectivity index (χ3v) is 5.57. The number of aliphatic hydroxyl groups is 1. The van der Waals surface area contributed by atoms with Crippen molar-refractivity contribution in [3.63, 3.8) is 0 Å². The van der Waals surface area contributed by atoms with Crippen molar-refractivity contribution in [3.05, 3.63) is 29.8 Å². The molecule has 5 heteroatoms. The summed E-state index contributed by atoms with van der Waals surface area (Å²) in [6.07, 6.45) is 1.78. The van der Waals surface area contributed by atoms with Gasteiger partial charge in [0.15, 0.2) is 0 Å². The Bertz CT molecular complexity index is 554. The third kappa shape index (κ3) is 3.22. The molecule has 0 heterocycles. The van der Waals surface area contributed by atoms with Gasteiger partial charge in [-0.15, -0.1) is 0 Å². The van der Waals surface area contributed by atoms with Crippen LogP contribution in [0, 0.1) is 0 Å². The number of aliphatic hydroxyl groups excluding tert-OH is 1. The zero-order valence-corrected chi connectivity index (χ0v) is 13.2. The summed E-state index contributed by atoms with van der Waals surface area (Å²) < 4.78 is 26.6. The molecule has 0 bridgehead atoms. The van der Waals surface area contributed by atoms with Crippen LogP contribution in [-0.4, -0.2) is 37.0 Å². The molecule has 1 aromatic carbocycles. The molecule has 1 fully saturated rings. The highest BCUT2D eigenvalue weighted by Crippen LogP contribution is 2.32. The van der Waals surface area contributed by atoms with E-state index in [1.807, 2.05) is 12.1 Å². The Labute approximate surface area is 121 Å². The van der Waals surface area contributed by atoms with Gasteiger partial charge in [0.1, 0.15) is 0 Å². The van der Waals surface area contributed by atoms with Crippen molar-refractivity contribution < 1.29 is 13.5 Å². The number of rotatable bonds is 5. The molecule has 0 saturated heterocycles. The summed E-state index contributed by atoms with van der Waals surface area (Å²) in [5.41, 5.74) is 1.11. The molecule has 4 nitrogen and oxygen atoms in total. The minimum atomic E-state index is -3.49. The first-order valence-electron chi connectivity index (χ1n) is 7.00. The summed E-state index contributed by atoms with van der Waals surface area (Å²) in [5.74, 6) is 0. The zero-order chi connectivity index (χ0) is 15.0. The van der Waals surface area contributed by atoms with Gasteiger partial charge in [0, 0.05) is 12.6 Å². The van der Waals surface area contributed by atoms with Gasteiger partial charge in [-0.1, -0.05) is 32.9 Å². The first kappa shape index (κ1) is 15.5. The monoisotopic (exact) mass is 297 g/mol. The predicted octanol–water partition coefficient (Wildman–Crippen LogP) is 2.13. The Kier molecular flexibility index (Phi) is 4.23. The lowest BCUT2D eigenvalue weighted by Gasteiger charge is -2.22. The summed E-state index contributed by atoms with van der Waals surface area (Å²) >= 11 is 0. The molecular weight excluding hydrogens is 274 g/mol. The second-order valence-corrected chi connectivity index (χ2v) is 8.24. The molecule has 0 aromatic heterocycles. The third-order valence-electron chi connectivity index (χ3n) is 3.60. The molecule has 0 unspecified atom stereocenters. The first-order valence-corrected chi connectivity index (χ1v) is 8.44. The van der Waals surface area contributed by atoms with Gasteiger partial charge in [-0.3, -0.25) is 0 Å². The number of hydrogen-bond acceptors (Lipinski definition) is 3. The van der Waals surface area contributed by atoms with Crippen LogP contribution in [0.5, 0.6) is 0 Å². The summed E-state index contributed by atoms with van der Waals surface area (Å²) in [6.45, 7) is 6.32. The lowest BCUT2D eigenvalue weighted by molar-refractivity contribution is 0.250. The Morgan fingerprint density at radius 3 is 2.15 bits per heavy atom. The van der Waals surface area contributed by atoms with Gasteiger partial charge in [0.25, 0.3) is 0 Å². The molecule has 20 heavy (non-hydrogen) atoms. The van der Waals surface area contributed by atoms with Gasteiger partial charge in [-0.05, 0) is 36.0 Å². The van der Waals surface area contributed by atoms with Gasteiger partial charge < -0.3 is 5.11 Å². The van der Waals surface area contributed by atoms with E-state index in [-0.39, 0.29) is 24.6 Å². The van der Waals surface area contributed by atoms with Gasteiger partial charge in [0.2, 0.25) is 10.0 Å². The molecule has 0 aliphatic heterocycles. The predicted molar refractivity (Wildman–Crippen MR) is 79.1 cm³/mol. The molecule has 1 aromatic rings. The molecule has 112 valence electrons. The molecule has 1 aliphatic rings. The summed E-state index contributed by atoms with van der Waals surface area (Å²) in [4.78, 5) is 0.311. The number of sulfonamides is 1. The smallest absolute Gasteiger partial charge is 0.243 e. The minimum absolute atomic E-state index is 0.00354. The van der Waals surface area contributed by atoms with Crippen LogP contribution in [0.1, 0.15) is 39.2 Å². The average Bonchev–Trinajstić information content (AvgIpc) is 3.19. The Morgan fingerprint density at radius 1 is 1.20 bits per heavy atom. The molecule has 1 aliphatic carbocycles. The number of nitrogens with zero attached hydrogens (tertiary/aromatic N) is 1. The maximum atomic E-state index is 12.6. The SMILES string of the molecule is CC(C)(C)c1ccc(S(=O)(=O)N(CCO)C2CC2)cc1. The lowest BCUT2D eigenvalue weighted by atomic mass is 9.87. The highest BCUT2D eigenvalue weighted by molar-refractivity contribution is 7.89. The normalized spacial score (nSPS) is 16.6. The molecule has 0 spiro atoms. The molecule has 0 amide bonds. The van der Waals surface area contributed by atoms with Crippen molar-refractivity contribution in [3.8, 4) is 0 Å². The fraction of sp³-hybridized carbons (Fsp3) is 0.600.